The van der Waals surface area contributed by atoms with Crippen LogP contribution < -0.4 is 10.5 Å². The third-order valence-corrected chi connectivity index (χ3v) is 2.34. The Bertz CT molecular complexity index is 564. The van der Waals surface area contributed by atoms with Gasteiger partial charge in [-0.05, 0) is 26.0 Å². The van der Waals surface area contributed by atoms with Gasteiger partial charge in [0, 0.05) is 0 Å². The fourth-order valence-electron chi connectivity index (χ4n) is 1.44. The molecule has 0 spiro atoms. The molecule has 0 fully saturated rings. The van der Waals surface area contributed by atoms with Gasteiger partial charge in [0.1, 0.15) is 5.75 Å². The highest BCUT2D eigenvalue weighted by Gasteiger charge is 2.23. The van der Waals surface area contributed by atoms with Gasteiger partial charge in [0.25, 0.3) is 5.89 Å². The third kappa shape index (κ3) is 3.05. The van der Waals surface area contributed by atoms with Gasteiger partial charge >= 0.3 is 6.61 Å². The lowest BCUT2D eigenvalue weighted by Crippen LogP contribution is -2.30. The molecule has 5 nitrogen and oxygen atoms in total. The molecule has 7 heteroatoms. The smallest absolute Gasteiger partial charge is 0.387 e. The van der Waals surface area contributed by atoms with E-state index in [1.165, 1.54) is 6.07 Å². The van der Waals surface area contributed by atoms with Crippen molar-refractivity contribution in [1.82, 2.24) is 10.1 Å². The lowest BCUT2D eigenvalue weighted by Gasteiger charge is -2.11. The van der Waals surface area contributed by atoms with Crippen molar-refractivity contribution in [2.75, 3.05) is 0 Å². The molecular formula is C12H13F2N3O2. The summed E-state index contributed by atoms with van der Waals surface area (Å²) in [5.41, 5.74) is 5.35. The number of para-hydroxylation sites is 1. The first-order valence-electron chi connectivity index (χ1n) is 5.55. The number of hydrogen-bond acceptors (Lipinski definition) is 5. The van der Waals surface area contributed by atoms with Crippen LogP contribution in [0.25, 0.3) is 11.5 Å². The molecule has 0 aliphatic carbocycles. The van der Waals surface area contributed by atoms with Crippen LogP contribution in [0, 0.1) is 0 Å². The first kappa shape index (κ1) is 13.4. The average Bonchev–Trinajstić information content (AvgIpc) is 2.77. The van der Waals surface area contributed by atoms with Crippen LogP contribution in [0.15, 0.2) is 28.8 Å². The molecule has 102 valence electrons. The molecule has 0 saturated carbocycles. The second-order valence-corrected chi connectivity index (χ2v) is 4.52. The van der Waals surface area contributed by atoms with Gasteiger partial charge in [0.15, 0.2) is 5.82 Å². The van der Waals surface area contributed by atoms with E-state index in [1.807, 2.05) is 0 Å². The predicted octanol–water partition coefficient (Wildman–Crippen LogP) is 2.53. The molecule has 0 radical (unpaired) electrons. The topological polar surface area (TPSA) is 74.2 Å². The standard InChI is InChI=1S/C12H13F2N3O2/c1-12(2,15)10-16-9(19-17-10)7-5-3-4-6-8(7)18-11(13)14/h3-6,11H,15H2,1-2H3. The summed E-state index contributed by atoms with van der Waals surface area (Å²) in [7, 11) is 0. The summed E-state index contributed by atoms with van der Waals surface area (Å²) < 4.78 is 34.0. The Balaban J connectivity index is 2.39. The zero-order valence-electron chi connectivity index (χ0n) is 10.4. The molecule has 1 aromatic carbocycles. The van der Waals surface area contributed by atoms with E-state index in [-0.39, 0.29) is 17.5 Å². The van der Waals surface area contributed by atoms with E-state index in [2.05, 4.69) is 14.9 Å². The maximum absolute atomic E-state index is 12.3. The number of alkyl halides is 2. The van der Waals surface area contributed by atoms with Crippen LogP contribution in [0.4, 0.5) is 8.78 Å². The quantitative estimate of drug-likeness (QED) is 0.923. The van der Waals surface area contributed by atoms with E-state index in [0.29, 0.717) is 5.56 Å². The summed E-state index contributed by atoms with van der Waals surface area (Å²) in [6.45, 7) is 0.501. The molecule has 19 heavy (non-hydrogen) atoms. The second-order valence-electron chi connectivity index (χ2n) is 4.52. The SMILES string of the molecule is CC(C)(N)c1noc(-c2ccccc2OC(F)F)n1. The predicted molar refractivity (Wildman–Crippen MR) is 63.6 cm³/mol. The van der Waals surface area contributed by atoms with Crippen molar-refractivity contribution < 1.29 is 18.0 Å². The molecule has 0 bridgehead atoms. The summed E-state index contributed by atoms with van der Waals surface area (Å²) in [6, 6.07) is 6.19. The van der Waals surface area contributed by atoms with Crippen molar-refractivity contribution in [3.8, 4) is 17.2 Å². The summed E-state index contributed by atoms with van der Waals surface area (Å²) in [5, 5.41) is 3.73. The number of hydrogen-bond donors (Lipinski definition) is 1. The van der Waals surface area contributed by atoms with Gasteiger partial charge in [0.05, 0.1) is 11.1 Å². The first-order chi connectivity index (χ1) is 8.88. The minimum atomic E-state index is -2.92. The van der Waals surface area contributed by atoms with E-state index in [1.54, 1.807) is 32.0 Å². The van der Waals surface area contributed by atoms with Crippen LogP contribution in [0.5, 0.6) is 5.75 Å². The molecule has 0 aliphatic rings. The average molecular weight is 269 g/mol. The fourth-order valence-corrected chi connectivity index (χ4v) is 1.44. The van der Waals surface area contributed by atoms with E-state index in [4.69, 9.17) is 10.3 Å². The molecule has 0 amide bonds. The van der Waals surface area contributed by atoms with Crippen molar-refractivity contribution in [1.29, 1.82) is 0 Å². The molecule has 0 unspecified atom stereocenters. The van der Waals surface area contributed by atoms with E-state index in [0.717, 1.165) is 0 Å². The second kappa shape index (κ2) is 4.93. The zero-order valence-corrected chi connectivity index (χ0v) is 10.4. The third-order valence-electron chi connectivity index (χ3n) is 2.34. The normalized spacial score (nSPS) is 11.9. The lowest BCUT2D eigenvalue weighted by molar-refractivity contribution is -0.0495. The Hall–Kier alpha value is -2.02. The molecular weight excluding hydrogens is 256 g/mol. The highest BCUT2D eigenvalue weighted by atomic mass is 19.3. The monoisotopic (exact) mass is 269 g/mol. The minimum Gasteiger partial charge on any atom is -0.434 e. The van der Waals surface area contributed by atoms with Crippen molar-refractivity contribution in [3.05, 3.63) is 30.1 Å². The number of nitrogens with two attached hydrogens (primary N) is 1. The Morgan fingerprint density at radius 2 is 2.00 bits per heavy atom. The molecule has 1 aromatic heterocycles. The Morgan fingerprint density at radius 3 is 2.58 bits per heavy atom. The van der Waals surface area contributed by atoms with E-state index >= 15 is 0 Å². The van der Waals surface area contributed by atoms with Crippen LogP contribution >= 0.6 is 0 Å². The van der Waals surface area contributed by atoms with Crippen LogP contribution in [0.1, 0.15) is 19.7 Å². The van der Waals surface area contributed by atoms with Crippen molar-refractivity contribution in [2.45, 2.75) is 26.0 Å². The highest BCUT2D eigenvalue weighted by molar-refractivity contribution is 5.62. The van der Waals surface area contributed by atoms with Gasteiger partial charge < -0.3 is 15.0 Å². The van der Waals surface area contributed by atoms with E-state index in [9.17, 15) is 8.78 Å². The fraction of sp³-hybridized carbons (Fsp3) is 0.333. The summed E-state index contributed by atoms with van der Waals surface area (Å²) in [4.78, 5) is 4.09. The largest absolute Gasteiger partial charge is 0.434 e. The summed E-state index contributed by atoms with van der Waals surface area (Å²) >= 11 is 0. The molecule has 0 saturated heterocycles. The van der Waals surface area contributed by atoms with Crippen LogP contribution in [-0.2, 0) is 5.54 Å². The Morgan fingerprint density at radius 1 is 1.32 bits per heavy atom. The zero-order chi connectivity index (χ0) is 14.0. The molecule has 0 aliphatic heterocycles. The molecule has 1 heterocycles. The minimum absolute atomic E-state index is 0.0254. The van der Waals surface area contributed by atoms with Gasteiger partial charge in [0.2, 0.25) is 0 Å². The maximum atomic E-state index is 12.3. The van der Waals surface area contributed by atoms with Gasteiger partial charge in [-0.2, -0.15) is 13.8 Å². The number of ether oxygens (including phenoxy) is 1. The number of nitrogens with zero attached hydrogens (tertiary/aromatic N) is 2. The summed E-state index contributed by atoms with van der Waals surface area (Å²) in [6.07, 6.45) is 0. The van der Waals surface area contributed by atoms with Crippen LogP contribution in [-0.4, -0.2) is 16.8 Å². The number of benzene rings is 1. The van der Waals surface area contributed by atoms with Crippen molar-refractivity contribution in [2.24, 2.45) is 5.73 Å². The van der Waals surface area contributed by atoms with Gasteiger partial charge in [-0.15, -0.1) is 0 Å². The van der Waals surface area contributed by atoms with Gasteiger partial charge in [-0.25, -0.2) is 0 Å². The first-order valence-corrected chi connectivity index (χ1v) is 5.55. The highest BCUT2D eigenvalue weighted by Crippen LogP contribution is 2.30. The van der Waals surface area contributed by atoms with Crippen molar-refractivity contribution >= 4 is 0 Å². The van der Waals surface area contributed by atoms with Crippen LogP contribution in [0.2, 0.25) is 0 Å². The molecule has 2 aromatic rings. The lowest BCUT2D eigenvalue weighted by atomic mass is 10.1. The van der Waals surface area contributed by atoms with E-state index < -0.39 is 12.2 Å². The maximum Gasteiger partial charge on any atom is 0.387 e. The van der Waals surface area contributed by atoms with Gasteiger partial charge in [-0.1, -0.05) is 17.3 Å². The summed E-state index contributed by atoms with van der Waals surface area (Å²) in [5.74, 6) is 0.349. The Kier molecular flexibility index (Phi) is 3.48. The molecule has 0 atom stereocenters. The Labute approximate surface area is 108 Å². The number of aromatic nitrogens is 2. The van der Waals surface area contributed by atoms with Gasteiger partial charge in [-0.3, -0.25) is 0 Å². The van der Waals surface area contributed by atoms with Crippen LogP contribution in [0.3, 0.4) is 0 Å². The number of halogens is 2. The van der Waals surface area contributed by atoms with Crippen molar-refractivity contribution in [3.63, 3.8) is 0 Å². The number of rotatable bonds is 4. The molecule has 2 rings (SSSR count). The molecule has 2 N–H and O–H groups in total.